The van der Waals surface area contributed by atoms with Crippen LogP contribution in [0.5, 0.6) is 0 Å². The lowest BCUT2D eigenvalue weighted by Gasteiger charge is -2.28. The average molecular weight is 1110 g/mol. The predicted molar refractivity (Wildman–Crippen MR) is 332 cm³/mol. The lowest BCUT2D eigenvalue weighted by atomic mass is 10.0. The number of ether oxygens (including phenoxy) is 2. The van der Waals surface area contributed by atoms with Crippen molar-refractivity contribution in [1.29, 1.82) is 0 Å². The predicted octanol–water partition coefficient (Wildman–Crippen LogP) is 19.3. The van der Waals surface area contributed by atoms with E-state index in [4.69, 9.17) is 18.5 Å². The first-order valence-electron chi connectivity index (χ1n) is 31.2. The van der Waals surface area contributed by atoms with Gasteiger partial charge in [-0.1, -0.05) is 270 Å². The normalized spacial score (nSPS) is 14.1. The molecular formula is C68H116NO8P. The summed E-state index contributed by atoms with van der Waals surface area (Å²) in [4.78, 5) is 37.8. The number of rotatable bonds is 56. The van der Waals surface area contributed by atoms with E-state index < -0.39 is 32.5 Å². The summed E-state index contributed by atoms with van der Waals surface area (Å²) in [5.41, 5.74) is 0. The van der Waals surface area contributed by atoms with Crippen LogP contribution in [0.4, 0.5) is 0 Å². The Bertz CT molecular complexity index is 1730. The molecule has 0 aliphatic heterocycles. The van der Waals surface area contributed by atoms with Crippen LogP contribution in [0.1, 0.15) is 245 Å². The number of esters is 2. The number of phosphoric ester groups is 1. The van der Waals surface area contributed by atoms with Gasteiger partial charge in [0.2, 0.25) is 0 Å². The van der Waals surface area contributed by atoms with Crippen LogP contribution < -0.4 is 4.89 Å². The number of phosphoric acid groups is 1. The molecule has 0 heterocycles. The molecule has 2 unspecified atom stereocenters. The Morgan fingerprint density at radius 3 is 1.09 bits per heavy atom. The summed E-state index contributed by atoms with van der Waals surface area (Å²) >= 11 is 0. The average Bonchev–Trinajstić information content (AvgIpc) is 3.41. The highest BCUT2D eigenvalue weighted by Gasteiger charge is 2.21. The highest BCUT2D eigenvalue weighted by Crippen LogP contribution is 2.38. The van der Waals surface area contributed by atoms with E-state index in [9.17, 15) is 19.0 Å². The summed E-state index contributed by atoms with van der Waals surface area (Å²) in [6.45, 7) is 3.90. The van der Waals surface area contributed by atoms with E-state index in [0.29, 0.717) is 23.9 Å². The minimum Gasteiger partial charge on any atom is -0.756 e. The van der Waals surface area contributed by atoms with Gasteiger partial charge in [0, 0.05) is 6.42 Å². The third-order valence-electron chi connectivity index (χ3n) is 13.0. The van der Waals surface area contributed by atoms with Crippen molar-refractivity contribution in [3.63, 3.8) is 0 Å². The summed E-state index contributed by atoms with van der Waals surface area (Å²) in [6.07, 6.45) is 83.2. The molecule has 0 amide bonds. The van der Waals surface area contributed by atoms with Gasteiger partial charge in [-0.25, -0.2) is 0 Å². The quantitative estimate of drug-likeness (QED) is 0.0195. The topological polar surface area (TPSA) is 111 Å². The van der Waals surface area contributed by atoms with Gasteiger partial charge in [0.25, 0.3) is 7.82 Å². The van der Waals surface area contributed by atoms with Crippen LogP contribution in [-0.4, -0.2) is 70.0 Å². The fourth-order valence-corrected chi connectivity index (χ4v) is 9.02. The molecule has 0 aliphatic carbocycles. The molecule has 446 valence electrons. The fraction of sp³-hybridized carbons (Fsp3) is 0.676. The standard InChI is InChI=1S/C68H116NO8P/c1-6-8-10-12-14-16-18-20-22-23-24-25-26-27-28-29-30-31-32-33-34-35-36-37-38-39-40-41-42-43-44-45-47-49-51-53-55-57-59-61-68(71)77-66(65-76-78(72,73)75-63-62-69(3,4)5)64-74-67(70)60-58-56-54-52-50-48-46-21-19-17-15-13-11-9-7-2/h8-11,14-17,20-22,24-25,27-28,46,50,52,56,58,66H,6-7,12-13,18-19,23,26,29-45,47-49,51,53-55,57,59-65H2,1-5H3/b10-8-,11-9-,16-14-,17-15-,22-20-,25-24-,28-27-,46-21-,52-50-,58-56-. The lowest BCUT2D eigenvalue weighted by Crippen LogP contribution is -2.37. The first-order chi connectivity index (χ1) is 38.0. The lowest BCUT2D eigenvalue weighted by molar-refractivity contribution is -0.870. The van der Waals surface area contributed by atoms with E-state index in [2.05, 4.69) is 117 Å². The molecule has 0 aliphatic rings. The second-order valence-electron chi connectivity index (χ2n) is 21.7. The van der Waals surface area contributed by atoms with Gasteiger partial charge < -0.3 is 27.9 Å². The zero-order valence-electron chi connectivity index (χ0n) is 50.6. The SMILES string of the molecule is CC/C=C\C/C=C\C/C=C\C/C=C\C/C=C\CCCCCCCCCCCCCCCCCCCCCCCCCC(=O)OC(COC(=O)C/C=C\C/C=C\C/C=C\C/C=C\C/C=C\CC)COP(=O)([O-])OCC[N+](C)(C)C. The third kappa shape index (κ3) is 61.6. The molecule has 9 nitrogen and oxygen atoms in total. The smallest absolute Gasteiger partial charge is 0.309 e. The Labute approximate surface area is 479 Å². The molecule has 0 N–H and O–H groups in total. The molecule has 0 aromatic heterocycles. The number of allylic oxidation sites excluding steroid dienone is 19. The maximum Gasteiger partial charge on any atom is 0.309 e. The number of likely N-dealkylation sites (N-methyl/N-ethyl adjacent to an activating group) is 1. The van der Waals surface area contributed by atoms with Gasteiger partial charge in [-0.05, 0) is 83.5 Å². The van der Waals surface area contributed by atoms with E-state index in [1.807, 2.05) is 33.3 Å². The minimum absolute atomic E-state index is 0.0414. The van der Waals surface area contributed by atoms with Crippen LogP contribution in [0.15, 0.2) is 122 Å². The summed E-state index contributed by atoms with van der Waals surface area (Å²) in [5.74, 6) is -0.981. The second kappa shape index (κ2) is 58.1. The maximum absolute atomic E-state index is 12.8. The summed E-state index contributed by atoms with van der Waals surface area (Å²) in [6, 6.07) is 0. The number of hydrogen-bond donors (Lipinski definition) is 0. The number of hydrogen-bond acceptors (Lipinski definition) is 8. The molecule has 0 spiro atoms. The molecule has 0 aromatic carbocycles. The number of carbonyl (C=O) groups excluding carboxylic acids is 2. The van der Waals surface area contributed by atoms with Gasteiger partial charge in [-0.3, -0.25) is 14.2 Å². The van der Waals surface area contributed by atoms with E-state index in [1.165, 1.54) is 128 Å². The molecule has 0 aromatic rings. The number of unbranched alkanes of at least 4 members (excludes halogenated alkanes) is 23. The Balaban J connectivity index is 3.99. The minimum atomic E-state index is -4.66. The van der Waals surface area contributed by atoms with Crippen LogP contribution >= 0.6 is 7.82 Å². The second-order valence-corrected chi connectivity index (χ2v) is 23.1. The molecule has 0 saturated heterocycles. The number of carbonyl (C=O) groups is 2. The monoisotopic (exact) mass is 1110 g/mol. The molecule has 0 radical (unpaired) electrons. The fourth-order valence-electron chi connectivity index (χ4n) is 8.29. The Morgan fingerprint density at radius 1 is 0.410 bits per heavy atom. The first kappa shape index (κ1) is 74.4. The number of quaternary nitrogens is 1. The van der Waals surface area contributed by atoms with Crippen LogP contribution in [0.2, 0.25) is 0 Å². The van der Waals surface area contributed by atoms with Crippen molar-refractivity contribution < 1.29 is 42.1 Å². The van der Waals surface area contributed by atoms with E-state index in [0.717, 1.165) is 77.0 Å². The maximum atomic E-state index is 12.8. The van der Waals surface area contributed by atoms with Crippen molar-refractivity contribution in [3.8, 4) is 0 Å². The molecule has 0 bridgehead atoms. The summed E-state index contributed by atoms with van der Waals surface area (Å²) in [5, 5.41) is 0. The van der Waals surface area contributed by atoms with E-state index in [-0.39, 0.29) is 26.1 Å². The molecule has 10 heteroatoms. The highest BCUT2D eigenvalue weighted by molar-refractivity contribution is 7.45. The Morgan fingerprint density at radius 2 is 0.731 bits per heavy atom. The third-order valence-corrected chi connectivity index (χ3v) is 14.0. The van der Waals surface area contributed by atoms with Crippen molar-refractivity contribution in [2.45, 2.75) is 251 Å². The molecular weight excluding hydrogens is 990 g/mol. The van der Waals surface area contributed by atoms with Crippen LogP contribution in [0.3, 0.4) is 0 Å². The van der Waals surface area contributed by atoms with Crippen molar-refractivity contribution in [3.05, 3.63) is 122 Å². The van der Waals surface area contributed by atoms with Gasteiger partial charge in [0.05, 0.1) is 34.2 Å². The van der Waals surface area contributed by atoms with Gasteiger partial charge >= 0.3 is 11.9 Å². The van der Waals surface area contributed by atoms with Gasteiger partial charge in [0.1, 0.15) is 19.8 Å². The van der Waals surface area contributed by atoms with Gasteiger partial charge in [-0.15, -0.1) is 0 Å². The van der Waals surface area contributed by atoms with Gasteiger partial charge in [-0.2, -0.15) is 0 Å². The zero-order valence-corrected chi connectivity index (χ0v) is 51.5. The van der Waals surface area contributed by atoms with Crippen LogP contribution in [0, 0.1) is 0 Å². The molecule has 78 heavy (non-hydrogen) atoms. The molecule has 0 saturated carbocycles. The largest absolute Gasteiger partial charge is 0.756 e. The molecule has 0 rings (SSSR count). The first-order valence-corrected chi connectivity index (χ1v) is 32.7. The van der Waals surface area contributed by atoms with E-state index >= 15 is 0 Å². The van der Waals surface area contributed by atoms with Crippen molar-refractivity contribution in [2.24, 2.45) is 0 Å². The highest BCUT2D eigenvalue weighted by atomic mass is 31.2. The summed E-state index contributed by atoms with van der Waals surface area (Å²) < 4.78 is 34.0. The van der Waals surface area contributed by atoms with Crippen molar-refractivity contribution in [2.75, 3.05) is 47.5 Å². The van der Waals surface area contributed by atoms with Gasteiger partial charge in [0.15, 0.2) is 6.10 Å². The molecule has 0 fully saturated rings. The number of nitrogens with zero attached hydrogens (tertiary/aromatic N) is 1. The van der Waals surface area contributed by atoms with E-state index in [1.54, 1.807) is 6.08 Å². The molecule has 2 atom stereocenters. The Hall–Kier alpha value is -3.59. The van der Waals surface area contributed by atoms with Crippen molar-refractivity contribution >= 4 is 19.8 Å². The zero-order chi connectivity index (χ0) is 57.0. The van der Waals surface area contributed by atoms with Crippen LogP contribution in [-0.2, 0) is 32.7 Å². The summed E-state index contributed by atoms with van der Waals surface area (Å²) in [7, 11) is 1.11. The van der Waals surface area contributed by atoms with Crippen LogP contribution in [0.25, 0.3) is 0 Å². The Kier molecular flexibility index (Phi) is 55.4. The van der Waals surface area contributed by atoms with Crippen molar-refractivity contribution in [1.82, 2.24) is 0 Å².